The highest BCUT2D eigenvalue weighted by Crippen LogP contribution is 2.33. The topological polar surface area (TPSA) is 67.6 Å². The normalized spacial score (nSPS) is 15.2. The van der Waals surface area contributed by atoms with E-state index in [0.717, 1.165) is 22.9 Å². The molecule has 2 amide bonds. The molecule has 5 nitrogen and oxygen atoms in total. The van der Waals surface area contributed by atoms with Gasteiger partial charge in [0.25, 0.3) is 11.1 Å². The molecule has 1 fully saturated rings. The summed E-state index contributed by atoms with van der Waals surface area (Å²) in [6, 6.07) is 20.4. The molecule has 1 aliphatic rings. The fraction of sp³-hybridized carbons (Fsp3) is 0.125. The van der Waals surface area contributed by atoms with Gasteiger partial charge in [-0.05, 0) is 42.8 Å². The number of ketones is 1. The summed E-state index contributed by atoms with van der Waals surface area (Å²) in [6.45, 7) is 1.87. The summed E-state index contributed by atoms with van der Waals surface area (Å²) in [7, 11) is 0. The third-order valence-corrected chi connectivity index (χ3v) is 5.72. The standard InChI is InChI=1S/C24H19NO4S/c1-16(26)18-7-9-19(10-8-18)21-12-11-20(29-21)15-22-23(27)25(24(28)30-22)14-13-17-5-3-2-4-6-17/h2-12,15H,13-14H2,1H3/b22-15+. The zero-order valence-electron chi connectivity index (χ0n) is 16.3. The number of thioether (sulfide) groups is 1. The zero-order chi connectivity index (χ0) is 21.1. The van der Waals surface area contributed by atoms with Crippen LogP contribution in [0, 0.1) is 0 Å². The van der Waals surface area contributed by atoms with E-state index >= 15 is 0 Å². The van der Waals surface area contributed by atoms with E-state index in [1.165, 1.54) is 11.8 Å². The molecule has 1 aliphatic heterocycles. The second kappa shape index (κ2) is 8.55. The first kappa shape index (κ1) is 19.9. The molecular formula is C24H19NO4S. The molecule has 0 aliphatic carbocycles. The molecule has 0 spiro atoms. The third kappa shape index (κ3) is 4.28. The van der Waals surface area contributed by atoms with Crippen molar-refractivity contribution in [2.45, 2.75) is 13.3 Å². The van der Waals surface area contributed by atoms with Crippen LogP contribution in [0.15, 0.2) is 76.1 Å². The largest absolute Gasteiger partial charge is 0.457 e. The van der Waals surface area contributed by atoms with E-state index in [-0.39, 0.29) is 16.9 Å². The Bertz CT molecular complexity index is 1130. The van der Waals surface area contributed by atoms with Gasteiger partial charge >= 0.3 is 0 Å². The van der Waals surface area contributed by atoms with Crippen molar-refractivity contribution in [2.24, 2.45) is 0 Å². The van der Waals surface area contributed by atoms with Crippen LogP contribution in [0.5, 0.6) is 0 Å². The molecular weight excluding hydrogens is 398 g/mol. The molecule has 2 heterocycles. The van der Waals surface area contributed by atoms with Gasteiger partial charge in [0.1, 0.15) is 11.5 Å². The van der Waals surface area contributed by atoms with E-state index in [1.807, 2.05) is 42.5 Å². The number of furan rings is 1. The Morgan fingerprint density at radius 3 is 2.43 bits per heavy atom. The smallest absolute Gasteiger partial charge is 0.293 e. The van der Waals surface area contributed by atoms with Gasteiger partial charge in [-0.1, -0.05) is 54.6 Å². The minimum Gasteiger partial charge on any atom is -0.457 e. The van der Waals surface area contributed by atoms with Crippen LogP contribution in [0.2, 0.25) is 0 Å². The molecule has 0 N–H and O–H groups in total. The molecule has 2 aromatic carbocycles. The molecule has 0 bridgehead atoms. The molecule has 0 unspecified atom stereocenters. The Morgan fingerprint density at radius 2 is 1.73 bits per heavy atom. The minimum absolute atomic E-state index is 0.00433. The van der Waals surface area contributed by atoms with Crippen molar-refractivity contribution in [1.29, 1.82) is 0 Å². The monoisotopic (exact) mass is 417 g/mol. The van der Waals surface area contributed by atoms with Gasteiger partial charge in [0, 0.05) is 23.7 Å². The molecule has 1 saturated heterocycles. The highest BCUT2D eigenvalue weighted by atomic mass is 32.2. The molecule has 30 heavy (non-hydrogen) atoms. The number of amides is 2. The molecule has 6 heteroatoms. The Kier molecular flexibility index (Phi) is 5.68. The lowest BCUT2D eigenvalue weighted by atomic mass is 10.1. The van der Waals surface area contributed by atoms with Gasteiger partial charge in [-0.25, -0.2) is 0 Å². The predicted octanol–water partition coefficient (Wildman–Crippen LogP) is 5.43. The van der Waals surface area contributed by atoms with Crippen LogP contribution >= 0.6 is 11.8 Å². The van der Waals surface area contributed by atoms with Gasteiger partial charge in [0.05, 0.1) is 4.91 Å². The maximum atomic E-state index is 12.7. The van der Waals surface area contributed by atoms with Crippen molar-refractivity contribution >= 4 is 34.8 Å². The molecule has 0 saturated carbocycles. The third-order valence-electron chi connectivity index (χ3n) is 4.82. The SMILES string of the molecule is CC(=O)c1ccc(-c2ccc(/C=C3/SC(=O)N(CCc4ccccc4)C3=O)o2)cc1. The molecule has 1 aromatic heterocycles. The quantitative estimate of drug-likeness (QED) is 0.395. The van der Waals surface area contributed by atoms with Crippen molar-refractivity contribution in [2.75, 3.05) is 6.54 Å². The van der Waals surface area contributed by atoms with Gasteiger partial charge < -0.3 is 4.42 Å². The molecule has 0 atom stereocenters. The van der Waals surface area contributed by atoms with E-state index in [1.54, 1.807) is 30.3 Å². The number of carbonyl (C=O) groups is 3. The van der Waals surface area contributed by atoms with Gasteiger partial charge in [0.15, 0.2) is 5.78 Å². The first-order chi connectivity index (χ1) is 14.5. The second-order valence-electron chi connectivity index (χ2n) is 6.90. The summed E-state index contributed by atoms with van der Waals surface area (Å²) < 4.78 is 5.82. The summed E-state index contributed by atoms with van der Waals surface area (Å²) in [5.41, 5.74) is 2.54. The number of benzene rings is 2. The lowest BCUT2D eigenvalue weighted by molar-refractivity contribution is -0.122. The number of imide groups is 1. The van der Waals surface area contributed by atoms with Gasteiger partial charge in [0.2, 0.25) is 0 Å². The first-order valence-corrected chi connectivity index (χ1v) is 10.3. The van der Waals surface area contributed by atoms with Crippen LogP contribution < -0.4 is 0 Å². The summed E-state index contributed by atoms with van der Waals surface area (Å²) in [5, 5.41) is -0.270. The van der Waals surface area contributed by atoms with E-state index in [2.05, 4.69) is 0 Å². The van der Waals surface area contributed by atoms with Crippen LogP contribution in [0.4, 0.5) is 4.79 Å². The Labute approximate surface area is 178 Å². The Hall–Kier alpha value is -3.38. The first-order valence-electron chi connectivity index (χ1n) is 9.52. The summed E-state index contributed by atoms with van der Waals surface area (Å²) in [6.07, 6.45) is 2.22. The fourth-order valence-corrected chi connectivity index (χ4v) is 4.01. The zero-order valence-corrected chi connectivity index (χ0v) is 17.1. The van der Waals surface area contributed by atoms with Gasteiger partial charge in [-0.15, -0.1) is 0 Å². The molecule has 0 radical (unpaired) electrons. The lowest BCUT2D eigenvalue weighted by Crippen LogP contribution is -2.30. The fourth-order valence-electron chi connectivity index (χ4n) is 3.16. The summed E-state index contributed by atoms with van der Waals surface area (Å²) in [4.78, 5) is 38.0. The van der Waals surface area contributed by atoms with Crippen molar-refractivity contribution in [3.05, 3.63) is 88.5 Å². The van der Waals surface area contributed by atoms with E-state index < -0.39 is 0 Å². The van der Waals surface area contributed by atoms with Crippen molar-refractivity contribution in [1.82, 2.24) is 4.90 Å². The second-order valence-corrected chi connectivity index (χ2v) is 7.90. The van der Waals surface area contributed by atoms with Crippen LogP contribution in [0.1, 0.15) is 28.6 Å². The van der Waals surface area contributed by atoms with Crippen molar-refractivity contribution in [3.8, 4) is 11.3 Å². The maximum absolute atomic E-state index is 12.7. The predicted molar refractivity (Wildman–Crippen MR) is 117 cm³/mol. The number of nitrogens with zero attached hydrogens (tertiary/aromatic N) is 1. The molecule has 150 valence electrons. The van der Waals surface area contributed by atoms with Crippen LogP contribution in [-0.4, -0.2) is 28.4 Å². The van der Waals surface area contributed by atoms with E-state index in [9.17, 15) is 14.4 Å². The summed E-state index contributed by atoms with van der Waals surface area (Å²) >= 11 is 0.923. The Morgan fingerprint density at radius 1 is 1.00 bits per heavy atom. The number of hydrogen-bond acceptors (Lipinski definition) is 5. The van der Waals surface area contributed by atoms with E-state index in [0.29, 0.717) is 35.0 Å². The average molecular weight is 417 g/mol. The van der Waals surface area contributed by atoms with Crippen LogP contribution in [0.25, 0.3) is 17.4 Å². The number of hydrogen-bond donors (Lipinski definition) is 0. The number of rotatable bonds is 6. The highest BCUT2D eigenvalue weighted by molar-refractivity contribution is 8.18. The van der Waals surface area contributed by atoms with Crippen LogP contribution in [0.3, 0.4) is 0 Å². The van der Waals surface area contributed by atoms with Crippen molar-refractivity contribution in [3.63, 3.8) is 0 Å². The average Bonchev–Trinajstić information content (AvgIpc) is 3.32. The molecule has 3 aromatic rings. The Balaban J connectivity index is 1.46. The summed E-state index contributed by atoms with van der Waals surface area (Å²) in [5.74, 6) is 0.822. The minimum atomic E-state index is -0.301. The van der Waals surface area contributed by atoms with E-state index in [4.69, 9.17) is 4.42 Å². The van der Waals surface area contributed by atoms with Crippen molar-refractivity contribution < 1.29 is 18.8 Å². The maximum Gasteiger partial charge on any atom is 0.293 e. The van der Waals surface area contributed by atoms with Crippen LogP contribution in [-0.2, 0) is 11.2 Å². The number of Topliss-reactive ketones (excluding diaryl/α,β-unsaturated/α-hetero) is 1. The highest BCUT2D eigenvalue weighted by Gasteiger charge is 2.34. The molecule has 4 rings (SSSR count). The lowest BCUT2D eigenvalue weighted by Gasteiger charge is -2.11. The van der Waals surface area contributed by atoms with Gasteiger partial charge in [-0.2, -0.15) is 0 Å². The van der Waals surface area contributed by atoms with Gasteiger partial charge in [-0.3, -0.25) is 19.3 Å². The number of carbonyl (C=O) groups excluding carboxylic acids is 3.